The van der Waals surface area contributed by atoms with Gasteiger partial charge in [0.2, 0.25) is 5.91 Å². The molecule has 0 aromatic heterocycles. The number of hydrazine groups is 1. The molecule has 0 unspecified atom stereocenters. The fourth-order valence-corrected chi connectivity index (χ4v) is 1.88. The second-order valence-corrected chi connectivity index (χ2v) is 3.77. The van der Waals surface area contributed by atoms with Crippen LogP contribution in [0.5, 0.6) is 0 Å². The molecule has 0 aromatic carbocycles. The summed E-state index contributed by atoms with van der Waals surface area (Å²) in [6.45, 7) is -0.211. The summed E-state index contributed by atoms with van der Waals surface area (Å²) in [5.74, 6) is -1.03. The minimum Gasteiger partial charge on any atom is -0.480 e. The van der Waals surface area contributed by atoms with Crippen LogP contribution < -0.4 is 0 Å². The van der Waals surface area contributed by atoms with Gasteiger partial charge in [0, 0.05) is 19.0 Å². The summed E-state index contributed by atoms with van der Waals surface area (Å²) in [5, 5.41) is 11.7. The maximum atomic E-state index is 11.4. The zero-order chi connectivity index (χ0) is 9.64. The van der Waals surface area contributed by atoms with Gasteiger partial charge in [-0.25, -0.2) is 5.01 Å². The molecule has 0 atom stereocenters. The maximum absolute atomic E-state index is 11.4. The maximum Gasteiger partial charge on any atom is 0.324 e. The smallest absolute Gasteiger partial charge is 0.324 e. The molecule has 5 nitrogen and oxygen atoms in total. The Kier molecular flexibility index (Phi) is 1.60. The third-order valence-electron chi connectivity index (χ3n) is 2.93. The molecular weight excluding hydrogens is 172 g/mol. The van der Waals surface area contributed by atoms with E-state index in [-0.39, 0.29) is 18.0 Å². The van der Waals surface area contributed by atoms with Gasteiger partial charge in [0.1, 0.15) is 6.54 Å². The van der Waals surface area contributed by atoms with Crippen LogP contribution in [0.4, 0.5) is 0 Å². The molecule has 1 aliphatic carbocycles. The average molecular weight is 184 g/mol. The van der Waals surface area contributed by atoms with Crippen LogP contribution in [-0.2, 0) is 9.59 Å². The van der Waals surface area contributed by atoms with Crippen molar-refractivity contribution in [3.05, 3.63) is 0 Å². The van der Waals surface area contributed by atoms with Crippen molar-refractivity contribution in [3.8, 4) is 0 Å². The van der Waals surface area contributed by atoms with E-state index in [2.05, 4.69) is 0 Å². The minimum atomic E-state index is -0.960. The largest absolute Gasteiger partial charge is 0.480 e. The molecule has 1 heterocycles. The third kappa shape index (κ3) is 1.19. The minimum absolute atomic E-state index is 0.0213. The number of hydrogen-bond donors (Lipinski definition) is 1. The van der Waals surface area contributed by atoms with Crippen LogP contribution in [-0.4, -0.2) is 46.1 Å². The first-order valence-electron chi connectivity index (χ1n) is 4.31. The number of carboxylic acid groups (broad SMARTS) is 1. The lowest BCUT2D eigenvalue weighted by Gasteiger charge is -2.26. The molecule has 13 heavy (non-hydrogen) atoms. The Balaban J connectivity index is 2.11. The van der Waals surface area contributed by atoms with Crippen molar-refractivity contribution >= 4 is 11.9 Å². The summed E-state index contributed by atoms with van der Waals surface area (Å²) < 4.78 is 0. The van der Waals surface area contributed by atoms with Crippen LogP contribution in [0, 0.1) is 0 Å². The molecule has 5 heteroatoms. The number of aliphatic carboxylic acids is 1. The Bertz CT molecular complexity index is 273. The molecular formula is C8H12N2O3. The quantitative estimate of drug-likeness (QED) is 0.639. The van der Waals surface area contributed by atoms with Gasteiger partial charge in [-0.05, 0) is 12.8 Å². The molecule has 2 rings (SSSR count). The highest BCUT2D eigenvalue weighted by Crippen LogP contribution is 2.48. The van der Waals surface area contributed by atoms with Crippen LogP contribution in [0.2, 0.25) is 0 Å². The molecule has 1 amide bonds. The second-order valence-electron chi connectivity index (χ2n) is 3.77. The Morgan fingerprint density at radius 2 is 2.23 bits per heavy atom. The van der Waals surface area contributed by atoms with E-state index < -0.39 is 5.97 Å². The topological polar surface area (TPSA) is 60.9 Å². The lowest BCUT2D eigenvalue weighted by molar-refractivity contribution is -0.151. The highest BCUT2D eigenvalue weighted by atomic mass is 16.4. The summed E-state index contributed by atoms with van der Waals surface area (Å²) in [6.07, 6.45) is 2.49. The van der Waals surface area contributed by atoms with E-state index >= 15 is 0 Å². The fraction of sp³-hybridized carbons (Fsp3) is 0.750. The zero-order valence-corrected chi connectivity index (χ0v) is 7.49. The number of amides is 1. The lowest BCUT2D eigenvalue weighted by atomic mass is 10.2. The first-order chi connectivity index (χ1) is 6.05. The Morgan fingerprint density at radius 1 is 1.62 bits per heavy atom. The van der Waals surface area contributed by atoms with Crippen molar-refractivity contribution in [1.82, 2.24) is 10.0 Å². The van der Waals surface area contributed by atoms with Crippen molar-refractivity contribution in [3.63, 3.8) is 0 Å². The Hall–Kier alpha value is -1.10. The summed E-state index contributed by atoms with van der Waals surface area (Å²) in [4.78, 5) is 21.9. The van der Waals surface area contributed by atoms with Crippen molar-refractivity contribution in [2.75, 3.05) is 13.6 Å². The summed E-state index contributed by atoms with van der Waals surface area (Å²) >= 11 is 0. The van der Waals surface area contributed by atoms with Crippen molar-refractivity contribution in [2.24, 2.45) is 0 Å². The first-order valence-corrected chi connectivity index (χ1v) is 4.31. The molecule has 1 N–H and O–H groups in total. The highest BCUT2D eigenvalue weighted by molar-refractivity contribution is 5.84. The van der Waals surface area contributed by atoms with Crippen LogP contribution in [0.3, 0.4) is 0 Å². The van der Waals surface area contributed by atoms with Gasteiger partial charge >= 0.3 is 5.97 Å². The molecule has 0 radical (unpaired) electrons. The van der Waals surface area contributed by atoms with Crippen LogP contribution >= 0.6 is 0 Å². The van der Waals surface area contributed by atoms with E-state index in [1.165, 1.54) is 5.01 Å². The number of carbonyl (C=O) groups excluding carboxylic acids is 1. The first kappa shape index (κ1) is 8.50. The number of nitrogens with zero attached hydrogens (tertiary/aromatic N) is 2. The summed E-state index contributed by atoms with van der Waals surface area (Å²) in [7, 11) is 1.79. The second kappa shape index (κ2) is 2.45. The molecule has 2 aliphatic rings. The number of carboxylic acids is 1. The fourth-order valence-electron chi connectivity index (χ4n) is 1.88. The third-order valence-corrected chi connectivity index (χ3v) is 2.93. The molecule has 0 bridgehead atoms. The van der Waals surface area contributed by atoms with Gasteiger partial charge in [0.05, 0.1) is 0 Å². The van der Waals surface area contributed by atoms with Gasteiger partial charge in [-0.2, -0.15) is 0 Å². The Morgan fingerprint density at radius 3 is 2.62 bits per heavy atom. The van der Waals surface area contributed by atoms with Crippen molar-refractivity contribution in [2.45, 2.75) is 24.8 Å². The molecule has 1 aliphatic heterocycles. The lowest BCUT2D eigenvalue weighted by Crippen LogP contribution is -2.43. The number of rotatable bonds is 2. The van der Waals surface area contributed by atoms with Crippen LogP contribution in [0.15, 0.2) is 0 Å². The van der Waals surface area contributed by atoms with E-state index in [1.807, 2.05) is 0 Å². The number of carbonyl (C=O) groups is 2. The SMILES string of the molecule is CN1N(CC(=O)O)C(=O)CC12CC2. The molecule has 1 saturated carbocycles. The number of hydrogen-bond acceptors (Lipinski definition) is 3. The van der Waals surface area contributed by atoms with E-state index in [1.54, 1.807) is 12.1 Å². The molecule has 1 saturated heterocycles. The standard InChI is InChI=1S/C8H12N2O3/c1-9-8(2-3-8)4-6(11)10(9)5-7(12)13/h2-5H2,1H3,(H,12,13). The van der Waals surface area contributed by atoms with Crippen molar-refractivity contribution < 1.29 is 14.7 Å². The molecule has 1 spiro atoms. The van der Waals surface area contributed by atoms with Gasteiger partial charge in [-0.15, -0.1) is 0 Å². The Labute approximate surface area is 75.9 Å². The monoisotopic (exact) mass is 184 g/mol. The van der Waals surface area contributed by atoms with Crippen LogP contribution in [0.1, 0.15) is 19.3 Å². The van der Waals surface area contributed by atoms with Gasteiger partial charge in [0.25, 0.3) is 0 Å². The highest BCUT2D eigenvalue weighted by Gasteiger charge is 2.56. The normalized spacial score (nSPS) is 25.6. The summed E-state index contributed by atoms with van der Waals surface area (Å²) in [6, 6.07) is 0. The van der Waals surface area contributed by atoms with E-state index in [4.69, 9.17) is 5.11 Å². The molecule has 0 aromatic rings. The molecule has 72 valence electrons. The average Bonchev–Trinajstić information content (AvgIpc) is 2.75. The van der Waals surface area contributed by atoms with Crippen LogP contribution in [0.25, 0.3) is 0 Å². The van der Waals surface area contributed by atoms with Crippen molar-refractivity contribution in [1.29, 1.82) is 0 Å². The van der Waals surface area contributed by atoms with Gasteiger partial charge in [0.15, 0.2) is 0 Å². The predicted octanol–water partition coefficient (Wildman–Crippen LogP) is -0.317. The van der Waals surface area contributed by atoms with Gasteiger partial charge in [-0.1, -0.05) is 0 Å². The van der Waals surface area contributed by atoms with E-state index in [0.29, 0.717) is 6.42 Å². The van der Waals surface area contributed by atoms with Gasteiger partial charge < -0.3 is 5.11 Å². The van der Waals surface area contributed by atoms with E-state index in [0.717, 1.165) is 12.8 Å². The predicted molar refractivity (Wildman–Crippen MR) is 43.7 cm³/mol. The van der Waals surface area contributed by atoms with Gasteiger partial charge in [-0.3, -0.25) is 14.6 Å². The summed E-state index contributed by atoms with van der Waals surface area (Å²) in [5.41, 5.74) is -0.0213. The zero-order valence-electron chi connectivity index (χ0n) is 7.49. The molecule has 2 fully saturated rings. The van der Waals surface area contributed by atoms with E-state index in [9.17, 15) is 9.59 Å².